The van der Waals surface area contributed by atoms with Gasteiger partial charge in [-0.25, -0.2) is 13.1 Å². The van der Waals surface area contributed by atoms with E-state index < -0.39 is 22.0 Å². The van der Waals surface area contributed by atoms with Crippen molar-refractivity contribution in [3.63, 3.8) is 0 Å². The second-order valence-corrected chi connectivity index (χ2v) is 8.05. The van der Waals surface area contributed by atoms with Gasteiger partial charge in [0.25, 0.3) is 5.91 Å². The van der Waals surface area contributed by atoms with Gasteiger partial charge in [-0.3, -0.25) is 4.79 Å². The molecule has 2 aromatic carbocycles. The molecule has 0 unspecified atom stereocenters. The molecule has 3 aromatic rings. The van der Waals surface area contributed by atoms with Crippen LogP contribution in [-0.2, 0) is 21.4 Å². The number of benzene rings is 2. The van der Waals surface area contributed by atoms with E-state index in [2.05, 4.69) is 10.0 Å². The summed E-state index contributed by atoms with van der Waals surface area (Å²) in [7, 11) is -3.78. The highest BCUT2D eigenvalue weighted by Crippen LogP contribution is 2.31. The third kappa shape index (κ3) is 4.41. The maximum absolute atomic E-state index is 12.5. The molecule has 9 heteroatoms. The molecule has 29 heavy (non-hydrogen) atoms. The highest BCUT2D eigenvalue weighted by molar-refractivity contribution is 7.89. The van der Waals surface area contributed by atoms with Crippen LogP contribution in [0.15, 0.2) is 76.2 Å². The quantitative estimate of drug-likeness (QED) is 0.642. The number of rotatable bonds is 6. The number of para-hydroxylation sites is 2. The van der Waals surface area contributed by atoms with E-state index in [4.69, 9.17) is 13.9 Å². The van der Waals surface area contributed by atoms with Crippen LogP contribution in [0.3, 0.4) is 0 Å². The zero-order chi connectivity index (χ0) is 20.3. The second-order valence-electron chi connectivity index (χ2n) is 6.29. The van der Waals surface area contributed by atoms with Crippen LogP contribution < -0.4 is 19.5 Å². The summed E-state index contributed by atoms with van der Waals surface area (Å²) in [5.74, 6) is 1.12. The van der Waals surface area contributed by atoms with Gasteiger partial charge in [-0.15, -0.1) is 0 Å². The molecule has 8 nitrogen and oxygen atoms in total. The summed E-state index contributed by atoms with van der Waals surface area (Å²) in [4.78, 5) is 12.5. The number of fused-ring (bicyclic) bond motifs is 1. The molecule has 0 radical (unpaired) electrons. The molecule has 0 aliphatic carbocycles. The summed E-state index contributed by atoms with van der Waals surface area (Å²) in [6.07, 6.45) is 0.622. The summed E-state index contributed by atoms with van der Waals surface area (Å²) in [5.41, 5.74) is 0.332. The molecule has 1 aliphatic rings. The van der Waals surface area contributed by atoms with Gasteiger partial charge in [0, 0.05) is 5.69 Å². The number of hydrogen-bond acceptors (Lipinski definition) is 6. The van der Waals surface area contributed by atoms with Gasteiger partial charge in [-0.1, -0.05) is 18.2 Å². The fraction of sp³-hybridized carbons (Fsp3) is 0.150. The Balaban J connectivity index is 1.43. The van der Waals surface area contributed by atoms with Crippen molar-refractivity contribution in [2.75, 3.05) is 11.9 Å². The predicted molar refractivity (Wildman–Crippen MR) is 104 cm³/mol. The van der Waals surface area contributed by atoms with Crippen molar-refractivity contribution in [2.24, 2.45) is 0 Å². The highest BCUT2D eigenvalue weighted by atomic mass is 32.2. The van der Waals surface area contributed by atoms with E-state index in [-0.39, 0.29) is 18.0 Å². The van der Waals surface area contributed by atoms with E-state index >= 15 is 0 Å². The first-order valence-electron chi connectivity index (χ1n) is 8.83. The van der Waals surface area contributed by atoms with Gasteiger partial charge in [-0.05, 0) is 42.5 Å². The molecule has 0 saturated heterocycles. The Morgan fingerprint density at radius 3 is 2.66 bits per heavy atom. The van der Waals surface area contributed by atoms with Crippen molar-refractivity contribution in [2.45, 2.75) is 17.5 Å². The average Bonchev–Trinajstić information content (AvgIpc) is 3.26. The highest BCUT2D eigenvalue weighted by Gasteiger charge is 2.27. The SMILES string of the molecule is O=C(Nc1cccc(S(=O)(=O)NCc2ccco2)c1)[C@H]1COc2ccccc2O1. The van der Waals surface area contributed by atoms with Gasteiger partial charge in [0.15, 0.2) is 11.5 Å². The van der Waals surface area contributed by atoms with Crippen LogP contribution in [0.5, 0.6) is 11.5 Å². The van der Waals surface area contributed by atoms with Crippen LogP contribution in [-0.4, -0.2) is 27.0 Å². The van der Waals surface area contributed by atoms with Crippen molar-refractivity contribution >= 4 is 21.6 Å². The maximum atomic E-state index is 12.5. The van der Waals surface area contributed by atoms with Crippen LogP contribution in [0.4, 0.5) is 5.69 Å². The fourth-order valence-corrected chi connectivity index (χ4v) is 3.81. The molecule has 0 bridgehead atoms. The monoisotopic (exact) mass is 414 g/mol. The first-order valence-corrected chi connectivity index (χ1v) is 10.3. The number of carbonyl (C=O) groups is 1. The molecule has 150 valence electrons. The van der Waals surface area contributed by atoms with Crippen molar-refractivity contribution < 1.29 is 27.1 Å². The standard InChI is InChI=1S/C20H18N2O6S/c23-20(19-13-27-17-8-1-2-9-18(17)28-19)22-14-5-3-7-16(11-14)29(24,25)21-12-15-6-4-10-26-15/h1-11,19,21H,12-13H2,(H,22,23)/t19-/m1/s1. The number of furan rings is 1. The Labute approximate surface area is 167 Å². The van der Waals surface area contributed by atoms with Crippen molar-refractivity contribution in [1.82, 2.24) is 4.72 Å². The van der Waals surface area contributed by atoms with Crippen molar-refractivity contribution in [1.29, 1.82) is 0 Å². The molecule has 1 aromatic heterocycles. The molecule has 1 aliphatic heterocycles. The number of ether oxygens (including phenoxy) is 2. The largest absolute Gasteiger partial charge is 0.485 e. The van der Waals surface area contributed by atoms with Crippen molar-refractivity contribution in [3.8, 4) is 11.5 Å². The molecular weight excluding hydrogens is 396 g/mol. The average molecular weight is 414 g/mol. The lowest BCUT2D eigenvalue weighted by Crippen LogP contribution is -2.40. The third-order valence-electron chi connectivity index (χ3n) is 4.23. The Hall–Kier alpha value is -3.30. The van der Waals surface area contributed by atoms with Gasteiger partial charge >= 0.3 is 0 Å². The van der Waals surface area contributed by atoms with Crippen LogP contribution in [0, 0.1) is 0 Å². The third-order valence-corrected chi connectivity index (χ3v) is 5.63. The summed E-state index contributed by atoms with van der Waals surface area (Å²) in [5, 5.41) is 2.67. The van der Waals surface area contributed by atoms with Crippen LogP contribution >= 0.6 is 0 Å². The molecule has 4 rings (SSSR count). The van der Waals surface area contributed by atoms with Gasteiger partial charge in [0.1, 0.15) is 12.4 Å². The topological polar surface area (TPSA) is 107 Å². The predicted octanol–water partition coefficient (Wildman–Crippen LogP) is 2.54. The Bertz CT molecular complexity index is 1110. The summed E-state index contributed by atoms with van der Waals surface area (Å²) in [6.45, 7) is 0.0874. The number of sulfonamides is 1. The number of amides is 1. The Morgan fingerprint density at radius 1 is 1.03 bits per heavy atom. The molecule has 1 atom stereocenters. The smallest absolute Gasteiger partial charge is 0.269 e. The molecular formula is C20H18N2O6S. The number of hydrogen-bond donors (Lipinski definition) is 2. The zero-order valence-electron chi connectivity index (χ0n) is 15.2. The molecule has 2 N–H and O–H groups in total. The van der Waals surface area contributed by atoms with Gasteiger partial charge in [-0.2, -0.15) is 0 Å². The van der Waals surface area contributed by atoms with E-state index in [0.717, 1.165) is 0 Å². The lowest BCUT2D eigenvalue weighted by molar-refractivity contribution is -0.125. The van der Waals surface area contributed by atoms with Gasteiger partial charge in [0.05, 0.1) is 17.7 Å². The molecule has 1 amide bonds. The van der Waals surface area contributed by atoms with E-state index in [1.807, 2.05) is 6.07 Å². The lowest BCUT2D eigenvalue weighted by Gasteiger charge is -2.25. The summed E-state index contributed by atoms with van der Waals surface area (Å²) >= 11 is 0. The van der Waals surface area contributed by atoms with Crippen molar-refractivity contribution in [3.05, 3.63) is 72.7 Å². The Morgan fingerprint density at radius 2 is 1.86 bits per heavy atom. The molecule has 0 fully saturated rings. The first-order chi connectivity index (χ1) is 14.0. The molecule has 0 saturated carbocycles. The van der Waals surface area contributed by atoms with Crippen LogP contribution in [0.25, 0.3) is 0 Å². The van der Waals surface area contributed by atoms with Crippen LogP contribution in [0.1, 0.15) is 5.76 Å². The lowest BCUT2D eigenvalue weighted by atomic mass is 10.2. The van der Waals surface area contributed by atoms with E-state index in [9.17, 15) is 13.2 Å². The van der Waals surface area contributed by atoms with Crippen LogP contribution in [0.2, 0.25) is 0 Å². The number of carbonyl (C=O) groups excluding carboxylic acids is 1. The normalized spacial score (nSPS) is 15.7. The van der Waals surface area contributed by atoms with E-state index in [1.165, 1.54) is 18.4 Å². The first kappa shape index (κ1) is 19.0. The number of anilines is 1. The Kier molecular flexibility index (Phi) is 5.24. The van der Waals surface area contributed by atoms with Gasteiger partial charge < -0.3 is 19.2 Å². The maximum Gasteiger partial charge on any atom is 0.269 e. The molecule has 2 heterocycles. The second kappa shape index (κ2) is 7.98. The minimum atomic E-state index is -3.78. The minimum absolute atomic E-state index is 0.0213. The van der Waals surface area contributed by atoms with E-state index in [1.54, 1.807) is 42.5 Å². The molecule has 0 spiro atoms. The minimum Gasteiger partial charge on any atom is -0.485 e. The summed E-state index contributed by atoms with van der Waals surface area (Å²) < 4.78 is 43.8. The summed E-state index contributed by atoms with van der Waals surface area (Å²) in [6, 6.07) is 16.4. The van der Waals surface area contributed by atoms with Gasteiger partial charge in [0.2, 0.25) is 16.1 Å². The van der Waals surface area contributed by atoms with E-state index in [0.29, 0.717) is 22.9 Å². The number of nitrogens with one attached hydrogen (secondary N) is 2. The zero-order valence-corrected chi connectivity index (χ0v) is 16.0. The fourth-order valence-electron chi connectivity index (χ4n) is 2.78.